The number of nitrogens with one attached hydrogen (secondary N) is 1. The molecule has 0 fully saturated rings. The van der Waals surface area contributed by atoms with Gasteiger partial charge in [-0.25, -0.2) is 10.1 Å². The van der Waals surface area contributed by atoms with Gasteiger partial charge in [0.15, 0.2) is 0 Å². The van der Waals surface area contributed by atoms with Crippen LogP contribution >= 0.6 is 0 Å². The van der Waals surface area contributed by atoms with Gasteiger partial charge in [-0.1, -0.05) is 18.2 Å². The Morgan fingerprint density at radius 3 is 3.00 bits per heavy atom. The number of hydrogen-bond acceptors (Lipinski definition) is 1. The molecule has 3 N–H and O–H groups in total. The highest BCUT2D eigenvalue weighted by molar-refractivity contribution is 5.83. The van der Waals surface area contributed by atoms with Crippen LogP contribution in [0.25, 0.3) is 10.9 Å². The SMILES string of the molecule is NC(=O)[N]CCc1c[nH]c2ccccc12. The molecule has 0 unspecified atom stereocenters. The van der Waals surface area contributed by atoms with E-state index in [1.54, 1.807) is 0 Å². The van der Waals surface area contributed by atoms with E-state index in [1.807, 2.05) is 30.5 Å². The number of aromatic nitrogens is 1. The number of primary amides is 1. The number of H-pyrrole nitrogens is 1. The number of carbonyl (C=O) groups is 1. The van der Waals surface area contributed by atoms with Crippen LogP contribution in [-0.2, 0) is 6.42 Å². The molecule has 15 heavy (non-hydrogen) atoms. The minimum absolute atomic E-state index is 0.442. The van der Waals surface area contributed by atoms with Crippen molar-refractivity contribution in [3.8, 4) is 0 Å². The van der Waals surface area contributed by atoms with Crippen molar-refractivity contribution in [2.45, 2.75) is 6.42 Å². The molecule has 1 aromatic heterocycles. The molecule has 2 aromatic rings. The van der Waals surface area contributed by atoms with Crippen LogP contribution in [0, 0.1) is 0 Å². The smallest absolute Gasteiger partial charge is 0.333 e. The molecule has 1 radical (unpaired) electrons. The number of benzene rings is 1. The second kappa shape index (κ2) is 4.04. The summed E-state index contributed by atoms with van der Waals surface area (Å²) < 4.78 is 0. The van der Waals surface area contributed by atoms with E-state index in [4.69, 9.17) is 5.73 Å². The van der Waals surface area contributed by atoms with Crippen LogP contribution in [0.1, 0.15) is 5.56 Å². The highest BCUT2D eigenvalue weighted by Crippen LogP contribution is 2.17. The molecule has 77 valence electrons. The Kier molecular flexibility index (Phi) is 2.58. The minimum Gasteiger partial charge on any atom is -0.361 e. The van der Waals surface area contributed by atoms with Crippen molar-refractivity contribution in [2.75, 3.05) is 6.54 Å². The maximum atomic E-state index is 10.4. The van der Waals surface area contributed by atoms with Crippen LogP contribution in [0.15, 0.2) is 30.5 Å². The summed E-state index contributed by atoms with van der Waals surface area (Å²) in [4.78, 5) is 13.6. The molecule has 0 aliphatic heterocycles. The summed E-state index contributed by atoms with van der Waals surface area (Å²) in [6.07, 6.45) is 2.67. The molecule has 0 bridgehead atoms. The van der Waals surface area contributed by atoms with Gasteiger partial charge in [-0.15, -0.1) is 0 Å². The number of amides is 2. The van der Waals surface area contributed by atoms with Gasteiger partial charge in [-0.05, 0) is 18.1 Å². The van der Waals surface area contributed by atoms with Gasteiger partial charge in [0.05, 0.1) is 0 Å². The number of nitrogens with zero attached hydrogens (tertiary/aromatic N) is 1. The first-order valence-electron chi connectivity index (χ1n) is 4.79. The first-order valence-corrected chi connectivity index (χ1v) is 4.79. The Bertz CT molecular complexity index is 475. The summed E-state index contributed by atoms with van der Waals surface area (Å²) in [5.74, 6) is 0. The zero-order valence-corrected chi connectivity index (χ0v) is 8.23. The summed E-state index contributed by atoms with van der Waals surface area (Å²) >= 11 is 0. The Morgan fingerprint density at radius 2 is 2.20 bits per heavy atom. The third kappa shape index (κ3) is 2.10. The summed E-state index contributed by atoms with van der Waals surface area (Å²) in [7, 11) is 0. The highest BCUT2D eigenvalue weighted by atomic mass is 16.2. The molecule has 1 heterocycles. The molecule has 0 aliphatic carbocycles. The Balaban J connectivity index is 2.11. The summed E-state index contributed by atoms with van der Waals surface area (Å²) in [6.45, 7) is 0.442. The molecular formula is C11H12N3O. The molecule has 2 amide bonds. The summed E-state index contributed by atoms with van der Waals surface area (Å²) in [5, 5.41) is 4.81. The predicted molar refractivity (Wildman–Crippen MR) is 58.6 cm³/mol. The zero-order chi connectivity index (χ0) is 10.7. The molecule has 2 rings (SSSR count). The molecule has 0 spiro atoms. The number of fused-ring (bicyclic) bond motifs is 1. The molecular weight excluding hydrogens is 190 g/mol. The van der Waals surface area contributed by atoms with Gasteiger partial charge in [0.1, 0.15) is 0 Å². The van der Waals surface area contributed by atoms with E-state index in [2.05, 4.69) is 10.3 Å². The van der Waals surface area contributed by atoms with E-state index >= 15 is 0 Å². The molecule has 0 atom stereocenters. The van der Waals surface area contributed by atoms with Crippen LogP contribution < -0.4 is 11.1 Å². The fourth-order valence-electron chi connectivity index (χ4n) is 1.62. The molecule has 1 aromatic carbocycles. The lowest BCUT2D eigenvalue weighted by Crippen LogP contribution is -2.24. The van der Waals surface area contributed by atoms with Crippen LogP contribution in [0.2, 0.25) is 0 Å². The number of nitrogens with two attached hydrogens (primary N) is 1. The fourth-order valence-corrected chi connectivity index (χ4v) is 1.62. The minimum atomic E-state index is -0.602. The quantitative estimate of drug-likeness (QED) is 0.775. The number of rotatable bonds is 3. The van der Waals surface area contributed by atoms with Gasteiger partial charge < -0.3 is 10.7 Å². The van der Waals surface area contributed by atoms with Crippen molar-refractivity contribution in [3.63, 3.8) is 0 Å². The first-order chi connectivity index (χ1) is 7.27. The van der Waals surface area contributed by atoms with Crippen molar-refractivity contribution >= 4 is 16.9 Å². The standard InChI is InChI=1S/C11H12N3O/c12-11(15)13-6-5-8-7-14-10-4-2-1-3-9(8)10/h1-4,7,14H,5-6H2,(H2,12,15). The van der Waals surface area contributed by atoms with Crippen LogP contribution in [0.5, 0.6) is 0 Å². The number of para-hydroxylation sites is 1. The van der Waals surface area contributed by atoms with E-state index in [1.165, 1.54) is 5.39 Å². The van der Waals surface area contributed by atoms with Crippen molar-refractivity contribution in [1.29, 1.82) is 0 Å². The number of hydrogen-bond donors (Lipinski definition) is 2. The maximum Gasteiger partial charge on any atom is 0.333 e. The third-order valence-corrected chi connectivity index (χ3v) is 2.32. The lowest BCUT2D eigenvalue weighted by atomic mass is 10.1. The number of carbonyl (C=O) groups excluding carboxylic acids is 1. The highest BCUT2D eigenvalue weighted by Gasteiger charge is 2.03. The largest absolute Gasteiger partial charge is 0.361 e. The topological polar surface area (TPSA) is 73.0 Å². The van der Waals surface area contributed by atoms with Crippen molar-refractivity contribution in [3.05, 3.63) is 36.0 Å². The Labute approximate surface area is 87.5 Å². The second-order valence-electron chi connectivity index (χ2n) is 3.33. The Morgan fingerprint density at radius 1 is 1.40 bits per heavy atom. The number of aromatic amines is 1. The Hall–Kier alpha value is -1.97. The summed E-state index contributed by atoms with van der Waals surface area (Å²) in [6, 6.07) is 7.44. The monoisotopic (exact) mass is 202 g/mol. The normalized spacial score (nSPS) is 10.4. The van der Waals surface area contributed by atoms with Crippen molar-refractivity contribution in [1.82, 2.24) is 10.3 Å². The molecule has 0 aliphatic rings. The van der Waals surface area contributed by atoms with E-state index in [9.17, 15) is 4.79 Å². The van der Waals surface area contributed by atoms with Crippen molar-refractivity contribution < 1.29 is 4.79 Å². The molecule has 4 nitrogen and oxygen atoms in total. The fraction of sp³-hybridized carbons (Fsp3) is 0.182. The lowest BCUT2D eigenvalue weighted by Gasteiger charge is -1.97. The van der Waals surface area contributed by atoms with Crippen molar-refractivity contribution in [2.24, 2.45) is 5.73 Å². The molecule has 0 saturated heterocycles. The molecule has 4 heteroatoms. The average Bonchev–Trinajstić information content (AvgIpc) is 2.62. The molecule has 0 saturated carbocycles. The van der Waals surface area contributed by atoms with Gasteiger partial charge in [0, 0.05) is 23.6 Å². The first kappa shape index (κ1) is 9.58. The van der Waals surface area contributed by atoms with Gasteiger partial charge in [0.2, 0.25) is 0 Å². The van der Waals surface area contributed by atoms with Crippen LogP contribution in [-0.4, -0.2) is 17.6 Å². The zero-order valence-electron chi connectivity index (χ0n) is 8.23. The lowest BCUT2D eigenvalue weighted by molar-refractivity contribution is 0.248. The van der Waals surface area contributed by atoms with Gasteiger partial charge >= 0.3 is 6.03 Å². The van der Waals surface area contributed by atoms with Gasteiger partial charge in [0.25, 0.3) is 0 Å². The average molecular weight is 202 g/mol. The predicted octanol–water partition coefficient (Wildman–Crippen LogP) is 1.39. The van der Waals surface area contributed by atoms with E-state index in [-0.39, 0.29) is 0 Å². The second-order valence-corrected chi connectivity index (χ2v) is 3.33. The van der Waals surface area contributed by atoms with E-state index in [0.29, 0.717) is 6.54 Å². The van der Waals surface area contributed by atoms with Gasteiger partial charge in [-0.3, -0.25) is 0 Å². The van der Waals surface area contributed by atoms with Crippen LogP contribution in [0.3, 0.4) is 0 Å². The van der Waals surface area contributed by atoms with E-state index in [0.717, 1.165) is 17.5 Å². The van der Waals surface area contributed by atoms with E-state index < -0.39 is 6.03 Å². The maximum absolute atomic E-state index is 10.4. The van der Waals surface area contributed by atoms with Crippen LogP contribution in [0.4, 0.5) is 4.79 Å². The number of urea groups is 1. The summed E-state index contributed by atoms with van der Waals surface area (Å²) in [5.41, 5.74) is 7.20. The van der Waals surface area contributed by atoms with Gasteiger partial charge in [-0.2, -0.15) is 0 Å². The third-order valence-electron chi connectivity index (χ3n) is 2.32.